The monoisotopic (exact) mass is 271 g/mol. The third-order valence-electron chi connectivity index (χ3n) is 3.13. The van der Waals surface area contributed by atoms with Crippen molar-refractivity contribution < 1.29 is 0 Å². The SMILES string of the molecule is CCNC(C)c1ccccc1SCc1ccccc1. The highest BCUT2D eigenvalue weighted by atomic mass is 32.2. The normalized spacial score (nSPS) is 12.3. The molecule has 2 aromatic rings. The third kappa shape index (κ3) is 4.12. The van der Waals surface area contributed by atoms with Crippen molar-refractivity contribution in [2.24, 2.45) is 0 Å². The summed E-state index contributed by atoms with van der Waals surface area (Å²) in [5.41, 5.74) is 2.77. The van der Waals surface area contributed by atoms with Crippen molar-refractivity contribution in [2.75, 3.05) is 6.54 Å². The molecule has 1 atom stereocenters. The second-order valence-corrected chi connectivity index (χ2v) is 5.61. The average Bonchev–Trinajstić information content (AvgIpc) is 2.47. The molecular weight excluding hydrogens is 250 g/mol. The summed E-state index contributed by atoms with van der Waals surface area (Å²) < 4.78 is 0. The van der Waals surface area contributed by atoms with E-state index in [9.17, 15) is 0 Å². The maximum Gasteiger partial charge on any atom is 0.0302 e. The fourth-order valence-electron chi connectivity index (χ4n) is 2.12. The van der Waals surface area contributed by atoms with Gasteiger partial charge in [0, 0.05) is 16.7 Å². The second kappa shape index (κ2) is 7.37. The number of benzene rings is 2. The number of rotatable bonds is 6. The van der Waals surface area contributed by atoms with E-state index in [2.05, 4.69) is 73.8 Å². The molecule has 2 aromatic carbocycles. The quantitative estimate of drug-likeness (QED) is 0.768. The molecular formula is C17H21NS. The van der Waals surface area contributed by atoms with E-state index in [-0.39, 0.29) is 0 Å². The zero-order valence-corrected chi connectivity index (χ0v) is 12.4. The molecule has 2 rings (SSSR count). The molecule has 1 nitrogen and oxygen atoms in total. The van der Waals surface area contributed by atoms with Crippen LogP contribution < -0.4 is 5.32 Å². The molecule has 0 bridgehead atoms. The van der Waals surface area contributed by atoms with E-state index in [0.29, 0.717) is 6.04 Å². The second-order valence-electron chi connectivity index (χ2n) is 4.59. The fraction of sp³-hybridized carbons (Fsp3) is 0.294. The van der Waals surface area contributed by atoms with Crippen LogP contribution >= 0.6 is 11.8 Å². The molecule has 0 amide bonds. The molecule has 0 saturated carbocycles. The molecule has 1 N–H and O–H groups in total. The molecule has 0 aromatic heterocycles. The van der Waals surface area contributed by atoms with Gasteiger partial charge >= 0.3 is 0 Å². The van der Waals surface area contributed by atoms with E-state index in [0.717, 1.165) is 12.3 Å². The van der Waals surface area contributed by atoms with Crippen LogP contribution in [0.2, 0.25) is 0 Å². The number of hydrogen-bond acceptors (Lipinski definition) is 2. The van der Waals surface area contributed by atoms with Crippen molar-refractivity contribution in [1.29, 1.82) is 0 Å². The Morgan fingerprint density at radius 1 is 1.00 bits per heavy atom. The first-order valence-electron chi connectivity index (χ1n) is 6.80. The van der Waals surface area contributed by atoms with Gasteiger partial charge in [0.05, 0.1) is 0 Å². The summed E-state index contributed by atoms with van der Waals surface area (Å²) in [7, 11) is 0. The third-order valence-corrected chi connectivity index (χ3v) is 4.29. The highest BCUT2D eigenvalue weighted by molar-refractivity contribution is 7.98. The van der Waals surface area contributed by atoms with Crippen LogP contribution in [0.3, 0.4) is 0 Å². The van der Waals surface area contributed by atoms with Gasteiger partial charge in [0.2, 0.25) is 0 Å². The molecule has 0 aliphatic carbocycles. The van der Waals surface area contributed by atoms with Crippen LogP contribution in [0.4, 0.5) is 0 Å². The lowest BCUT2D eigenvalue weighted by molar-refractivity contribution is 0.590. The van der Waals surface area contributed by atoms with Crippen LogP contribution in [0.15, 0.2) is 59.5 Å². The largest absolute Gasteiger partial charge is 0.310 e. The molecule has 0 heterocycles. The highest BCUT2D eigenvalue weighted by Crippen LogP contribution is 2.29. The van der Waals surface area contributed by atoms with Gasteiger partial charge in [-0.1, -0.05) is 55.5 Å². The number of nitrogens with one attached hydrogen (secondary N) is 1. The smallest absolute Gasteiger partial charge is 0.0302 e. The molecule has 19 heavy (non-hydrogen) atoms. The van der Waals surface area contributed by atoms with Crippen LogP contribution in [-0.4, -0.2) is 6.54 Å². The summed E-state index contributed by atoms with van der Waals surface area (Å²) in [6.45, 7) is 5.38. The Morgan fingerprint density at radius 2 is 1.68 bits per heavy atom. The standard InChI is InChI=1S/C17H21NS/c1-3-18-14(2)16-11-7-8-12-17(16)19-13-15-9-5-4-6-10-15/h4-12,14,18H,3,13H2,1-2H3. The first-order valence-corrected chi connectivity index (χ1v) is 7.79. The Morgan fingerprint density at radius 3 is 2.42 bits per heavy atom. The van der Waals surface area contributed by atoms with Gasteiger partial charge in [-0.3, -0.25) is 0 Å². The van der Waals surface area contributed by atoms with Gasteiger partial charge < -0.3 is 5.32 Å². The van der Waals surface area contributed by atoms with Gasteiger partial charge in [-0.05, 0) is 30.7 Å². The van der Waals surface area contributed by atoms with E-state index in [1.54, 1.807) is 0 Å². The summed E-state index contributed by atoms with van der Waals surface area (Å²) in [4.78, 5) is 1.37. The van der Waals surface area contributed by atoms with Gasteiger partial charge in [-0.2, -0.15) is 0 Å². The van der Waals surface area contributed by atoms with E-state index in [4.69, 9.17) is 0 Å². The number of thioether (sulfide) groups is 1. The zero-order chi connectivity index (χ0) is 13.5. The summed E-state index contributed by atoms with van der Waals surface area (Å²) in [5, 5.41) is 3.49. The molecule has 0 aliphatic heterocycles. The first-order chi connectivity index (χ1) is 9.31. The summed E-state index contributed by atoms with van der Waals surface area (Å²) >= 11 is 1.91. The molecule has 0 aliphatic rings. The van der Waals surface area contributed by atoms with Gasteiger partial charge in [0.25, 0.3) is 0 Å². The van der Waals surface area contributed by atoms with Crippen molar-refractivity contribution in [3.63, 3.8) is 0 Å². The predicted octanol–water partition coefficient (Wildman–Crippen LogP) is 4.65. The fourth-order valence-corrected chi connectivity index (χ4v) is 3.22. The molecule has 2 heteroatoms. The molecule has 1 unspecified atom stereocenters. The minimum atomic E-state index is 0.407. The van der Waals surface area contributed by atoms with E-state index in [1.807, 2.05) is 11.8 Å². The van der Waals surface area contributed by atoms with Crippen LogP contribution in [-0.2, 0) is 5.75 Å². The van der Waals surface area contributed by atoms with Crippen molar-refractivity contribution in [3.8, 4) is 0 Å². The lowest BCUT2D eigenvalue weighted by Crippen LogP contribution is -2.18. The zero-order valence-electron chi connectivity index (χ0n) is 11.6. The molecule has 0 spiro atoms. The van der Waals surface area contributed by atoms with Crippen LogP contribution in [0.5, 0.6) is 0 Å². The minimum absolute atomic E-state index is 0.407. The van der Waals surface area contributed by atoms with E-state index in [1.165, 1.54) is 16.0 Å². The first kappa shape index (κ1) is 14.2. The minimum Gasteiger partial charge on any atom is -0.310 e. The number of hydrogen-bond donors (Lipinski definition) is 1. The summed E-state index contributed by atoms with van der Waals surface area (Å²) in [5.74, 6) is 1.02. The van der Waals surface area contributed by atoms with Gasteiger partial charge in [0.15, 0.2) is 0 Å². The van der Waals surface area contributed by atoms with Gasteiger partial charge in [0.1, 0.15) is 0 Å². The highest BCUT2D eigenvalue weighted by Gasteiger charge is 2.09. The topological polar surface area (TPSA) is 12.0 Å². The Hall–Kier alpha value is -1.25. The predicted molar refractivity (Wildman–Crippen MR) is 84.5 cm³/mol. The Bertz CT molecular complexity index is 496. The lowest BCUT2D eigenvalue weighted by atomic mass is 10.1. The van der Waals surface area contributed by atoms with Crippen LogP contribution in [0.25, 0.3) is 0 Å². The maximum atomic E-state index is 3.49. The Kier molecular flexibility index (Phi) is 5.49. The lowest BCUT2D eigenvalue weighted by Gasteiger charge is -2.16. The Labute approximate surface area is 120 Å². The maximum absolute atomic E-state index is 3.49. The molecule has 100 valence electrons. The van der Waals surface area contributed by atoms with E-state index < -0.39 is 0 Å². The van der Waals surface area contributed by atoms with Crippen LogP contribution in [0.1, 0.15) is 31.0 Å². The molecule has 0 radical (unpaired) electrons. The average molecular weight is 271 g/mol. The van der Waals surface area contributed by atoms with Crippen molar-refractivity contribution in [3.05, 3.63) is 65.7 Å². The van der Waals surface area contributed by atoms with Crippen molar-refractivity contribution in [2.45, 2.75) is 30.5 Å². The van der Waals surface area contributed by atoms with Crippen LogP contribution in [0, 0.1) is 0 Å². The molecule has 0 saturated heterocycles. The van der Waals surface area contributed by atoms with Crippen molar-refractivity contribution in [1.82, 2.24) is 5.32 Å². The van der Waals surface area contributed by atoms with Crippen molar-refractivity contribution >= 4 is 11.8 Å². The summed E-state index contributed by atoms with van der Waals surface area (Å²) in [6, 6.07) is 19.7. The Balaban J connectivity index is 2.07. The summed E-state index contributed by atoms with van der Waals surface area (Å²) in [6.07, 6.45) is 0. The molecule has 0 fully saturated rings. The van der Waals surface area contributed by atoms with E-state index >= 15 is 0 Å². The van der Waals surface area contributed by atoms with Gasteiger partial charge in [-0.25, -0.2) is 0 Å². The van der Waals surface area contributed by atoms with Gasteiger partial charge in [-0.15, -0.1) is 11.8 Å².